The number of carbonyl (C=O) groups is 1. The SMILES string of the molecule is CCCNc1cc(N(C)CC(=O)NCC(C)C)ccn1. The molecule has 0 atom stereocenters. The van der Waals surface area contributed by atoms with Gasteiger partial charge in [0.15, 0.2) is 0 Å². The Balaban J connectivity index is 2.53. The molecule has 1 aromatic heterocycles. The lowest BCUT2D eigenvalue weighted by Crippen LogP contribution is -2.36. The van der Waals surface area contributed by atoms with Gasteiger partial charge < -0.3 is 15.5 Å². The second-order valence-electron chi connectivity index (χ2n) is 5.38. The lowest BCUT2D eigenvalue weighted by molar-refractivity contribution is -0.119. The van der Waals surface area contributed by atoms with Gasteiger partial charge in [0.25, 0.3) is 0 Å². The average molecular weight is 278 g/mol. The summed E-state index contributed by atoms with van der Waals surface area (Å²) in [6.45, 7) is 8.24. The van der Waals surface area contributed by atoms with E-state index >= 15 is 0 Å². The van der Waals surface area contributed by atoms with Crippen LogP contribution in [0.25, 0.3) is 0 Å². The summed E-state index contributed by atoms with van der Waals surface area (Å²) < 4.78 is 0. The van der Waals surface area contributed by atoms with Gasteiger partial charge in [-0.15, -0.1) is 0 Å². The number of carbonyl (C=O) groups excluding carboxylic acids is 1. The zero-order chi connectivity index (χ0) is 15.0. The number of nitrogens with one attached hydrogen (secondary N) is 2. The minimum atomic E-state index is 0.0427. The van der Waals surface area contributed by atoms with Gasteiger partial charge in [0.1, 0.15) is 5.82 Å². The summed E-state index contributed by atoms with van der Waals surface area (Å²) >= 11 is 0. The number of amides is 1. The number of likely N-dealkylation sites (N-methyl/N-ethyl adjacent to an activating group) is 1. The topological polar surface area (TPSA) is 57.3 Å². The van der Waals surface area contributed by atoms with Crippen LogP contribution in [0.1, 0.15) is 27.2 Å². The molecule has 0 unspecified atom stereocenters. The number of hydrogen-bond donors (Lipinski definition) is 2. The normalized spacial score (nSPS) is 10.4. The third-order valence-electron chi connectivity index (χ3n) is 2.83. The van der Waals surface area contributed by atoms with E-state index in [2.05, 4.69) is 36.4 Å². The summed E-state index contributed by atoms with van der Waals surface area (Å²) in [4.78, 5) is 18.0. The average Bonchev–Trinajstić information content (AvgIpc) is 2.43. The van der Waals surface area contributed by atoms with Crippen LogP contribution in [-0.4, -0.2) is 37.6 Å². The number of nitrogens with zero attached hydrogens (tertiary/aromatic N) is 2. The van der Waals surface area contributed by atoms with Gasteiger partial charge in [0.2, 0.25) is 5.91 Å². The number of anilines is 2. The highest BCUT2D eigenvalue weighted by atomic mass is 16.2. The molecule has 1 rings (SSSR count). The minimum Gasteiger partial charge on any atom is -0.370 e. The molecule has 0 aliphatic heterocycles. The van der Waals surface area contributed by atoms with E-state index in [-0.39, 0.29) is 5.91 Å². The van der Waals surface area contributed by atoms with Crippen LogP contribution < -0.4 is 15.5 Å². The second-order valence-corrected chi connectivity index (χ2v) is 5.38. The molecular formula is C15H26N4O. The van der Waals surface area contributed by atoms with Crippen molar-refractivity contribution in [2.24, 2.45) is 5.92 Å². The zero-order valence-electron chi connectivity index (χ0n) is 12.9. The zero-order valence-corrected chi connectivity index (χ0v) is 12.9. The Morgan fingerprint density at radius 3 is 2.85 bits per heavy atom. The van der Waals surface area contributed by atoms with Crippen molar-refractivity contribution >= 4 is 17.4 Å². The van der Waals surface area contributed by atoms with E-state index < -0.39 is 0 Å². The number of pyridine rings is 1. The summed E-state index contributed by atoms with van der Waals surface area (Å²) in [5.41, 5.74) is 0.985. The fraction of sp³-hybridized carbons (Fsp3) is 0.600. The molecule has 1 amide bonds. The van der Waals surface area contributed by atoms with Crippen LogP contribution in [0.15, 0.2) is 18.3 Å². The molecule has 0 saturated heterocycles. The van der Waals surface area contributed by atoms with Crippen molar-refractivity contribution in [3.8, 4) is 0 Å². The van der Waals surface area contributed by atoms with Crippen molar-refractivity contribution in [3.63, 3.8) is 0 Å². The summed E-state index contributed by atoms with van der Waals surface area (Å²) in [6.07, 6.45) is 2.81. The smallest absolute Gasteiger partial charge is 0.239 e. The molecule has 5 heteroatoms. The Labute approximate surface area is 121 Å². The predicted octanol–water partition coefficient (Wildman–Crippen LogP) is 2.11. The maximum Gasteiger partial charge on any atom is 0.239 e. The van der Waals surface area contributed by atoms with Crippen LogP contribution in [0.3, 0.4) is 0 Å². The van der Waals surface area contributed by atoms with Gasteiger partial charge in [0.05, 0.1) is 6.54 Å². The van der Waals surface area contributed by atoms with Crippen molar-refractivity contribution < 1.29 is 4.79 Å². The van der Waals surface area contributed by atoms with Crippen LogP contribution in [0.4, 0.5) is 11.5 Å². The molecule has 0 aromatic carbocycles. The Kier molecular flexibility index (Phi) is 6.84. The van der Waals surface area contributed by atoms with E-state index in [9.17, 15) is 4.79 Å². The summed E-state index contributed by atoms with van der Waals surface area (Å²) in [5.74, 6) is 1.36. The molecule has 0 fully saturated rings. The lowest BCUT2D eigenvalue weighted by atomic mass is 10.2. The first-order valence-corrected chi connectivity index (χ1v) is 7.20. The molecule has 0 bridgehead atoms. The Hall–Kier alpha value is -1.78. The van der Waals surface area contributed by atoms with Gasteiger partial charge in [0, 0.05) is 38.1 Å². The molecule has 0 spiro atoms. The second kappa shape index (κ2) is 8.40. The molecule has 1 heterocycles. The van der Waals surface area contributed by atoms with E-state index in [1.54, 1.807) is 6.20 Å². The van der Waals surface area contributed by atoms with Gasteiger partial charge in [-0.3, -0.25) is 4.79 Å². The van der Waals surface area contributed by atoms with Crippen LogP contribution in [-0.2, 0) is 4.79 Å². The van der Waals surface area contributed by atoms with Crippen molar-refractivity contribution in [3.05, 3.63) is 18.3 Å². The third-order valence-corrected chi connectivity index (χ3v) is 2.83. The third kappa shape index (κ3) is 5.91. The highest BCUT2D eigenvalue weighted by molar-refractivity contribution is 5.81. The molecule has 0 aliphatic rings. The molecule has 112 valence electrons. The maximum absolute atomic E-state index is 11.8. The van der Waals surface area contributed by atoms with E-state index in [0.29, 0.717) is 19.0 Å². The summed E-state index contributed by atoms with van der Waals surface area (Å²) in [7, 11) is 1.91. The molecular weight excluding hydrogens is 252 g/mol. The van der Waals surface area contributed by atoms with Crippen molar-refractivity contribution in [1.29, 1.82) is 0 Å². The van der Waals surface area contributed by atoms with E-state index in [1.165, 1.54) is 0 Å². The summed E-state index contributed by atoms with van der Waals surface area (Å²) in [5, 5.41) is 6.16. The maximum atomic E-state index is 11.8. The van der Waals surface area contributed by atoms with Crippen LogP contribution in [0.2, 0.25) is 0 Å². The summed E-state index contributed by atoms with van der Waals surface area (Å²) in [6, 6.07) is 3.87. The van der Waals surface area contributed by atoms with Crippen LogP contribution >= 0.6 is 0 Å². The van der Waals surface area contributed by atoms with E-state index in [1.807, 2.05) is 24.1 Å². The largest absolute Gasteiger partial charge is 0.370 e. The molecule has 2 N–H and O–H groups in total. The number of rotatable bonds is 8. The van der Waals surface area contributed by atoms with Gasteiger partial charge in [-0.25, -0.2) is 4.98 Å². The number of aromatic nitrogens is 1. The van der Waals surface area contributed by atoms with Crippen molar-refractivity contribution in [2.75, 3.05) is 36.9 Å². The van der Waals surface area contributed by atoms with Gasteiger partial charge in [-0.2, -0.15) is 0 Å². The van der Waals surface area contributed by atoms with Gasteiger partial charge >= 0.3 is 0 Å². The Morgan fingerprint density at radius 2 is 2.20 bits per heavy atom. The molecule has 0 radical (unpaired) electrons. The number of hydrogen-bond acceptors (Lipinski definition) is 4. The van der Waals surface area contributed by atoms with Crippen molar-refractivity contribution in [1.82, 2.24) is 10.3 Å². The monoisotopic (exact) mass is 278 g/mol. The fourth-order valence-electron chi connectivity index (χ4n) is 1.69. The first-order chi connectivity index (χ1) is 9.52. The first kappa shape index (κ1) is 16.3. The minimum absolute atomic E-state index is 0.0427. The first-order valence-electron chi connectivity index (χ1n) is 7.20. The molecule has 5 nitrogen and oxygen atoms in total. The quantitative estimate of drug-likeness (QED) is 0.764. The lowest BCUT2D eigenvalue weighted by Gasteiger charge is -2.19. The van der Waals surface area contributed by atoms with E-state index in [0.717, 1.165) is 24.5 Å². The van der Waals surface area contributed by atoms with Crippen LogP contribution in [0, 0.1) is 5.92 Å². The van der Waals surface area contributed by atoms with Crippen molar-refractivity contribution in [2.45, 2.75) is 27.2 Å². The predicted molar refractivity (Wildman–Crippen MR) is 84.1 cm³/mol. The standard InChI is InChI=1S/C15H26N4O/c1-5-7-16-14-9-13(6-8-17-14)19(4)11-15(20)18-10-12(2)3/h6,8-9,12H,5,7,10-11H2,1-4H3,(H,16,17)(H,18,20). The molecule has 0 saturated carbocycles. The van der Waals surface area contributed by atoms with E-state index in [4.69, 9.17) is 0 Å². The van der Waals surface area contributed by atoms with Crippen LogP contribution in [0.5, 0.6) is 0 Å². The highest BCUT2D eigenvalue weighted by Crippen LogP contribution is 2.15. The van der Waals surface area contributed by atoms with Gasteiger partial charge in [-0.1, -0.05) is 20.8 Å². The molecule has 0 aliphatic carbocycles. The fourth-order valence-corrected chi connectivity index (χ4v) is 1.69. The Bertz CT molecular complexity index is 420. The molecule has 20 heavy (non-hydrogen) atoms. The highest BCUT2D eigenvalue weighted by Gasteiger charge is 2.08. The Morgan fingerprint density at radius 1 is 1.45 bits per heavy atom. The van der Waals surface area contributed by atoms with Gasteiger partial charge in [-0.05, 0) is 18.4 Å². The molecule has 1 aromatic rings.